The zero-order valence-electron chi connectivity index (χ0n) is 13.8. The van der Waals surface area contributed by atoms with Crippen LogP contribution in [0.2, 0.25) is 5.02 Å². The van der Waals surface area contributed by atoms with Crippen molar-refractivity contribution in [3.63, 3.8) is 0 Å². The van der Waals surface area contributed by atoms with Gasteiger partial charge in [0.25, 0.3) is 0 Å². The standard InChI is InChI=1S/C16H21ClN4O2S/c1-10-14(9-18)16(19-11(2)15(10)17)21-7-5-12(6-8-21)20-24(22,23)13-3-4-13/h12-13,20H,3-8H2,1-2H3. The van der Waals surface area contributed by atoms with Crippen LogP contribution >= 0.6 is 11.6 Å². The lowest BCUT2D eigenvalue weighted by Crippen LogP contribution is -2.46. The van der Waals surface area contributed by atoms with Gasteiger partial charge in [-0.25, -0.2) is 18.1 Å². The highest BCUT2D eigenvalue weighted by Crippen LogP contribution is 2.31. The van der Waals surface area contributed by atoms with Crippen LogP contribution in [0.1, 0.15) is 42.5 Å². The van der Waals surface area contributed by atoms with E-state index in [1.54, 1.807) is 0 Å². The van der Waals surface area contributed by atoms with Gasteiger partial charge in [0.1, 0.15) is 11.9 Å². The Bertz CT molecular complexity index is 791. The third kappa shape index (κ3) is 3.37. The van der Waals surface area contributed by atoms with Crippen LogP contribution in [0.4, 0.5) is 5.82 Å². The number of nitriles is 1. The van der Waals surface area contributed by atoms with Crippen molar-refractivity contribution in [2.24, 2.45) is 0 Å². The molecule has 130 valence electrons. The number of piperidine rings is 1. The van der Waals surface area contributed by atoms with Crippen molar-refractivity contribution in [3.05, 3.63) is 21.8 Å². The van der Waals surface area contributed by atoms with Crippen molar-refractivity contribution in [2.75, 3.05) is 18.0 Å². The molecule has 0 aromatic carbocycles. The number of anilines is 1. The van der Waals surface area contributed by atoms with Crippen LogP contribution in [0.25, 0.3) is 0 Å². The molecule has 1 aliphatic carbocycles. The van der Waals surface area contributed by atoms with Gasteiger partial charge in [-0.1, -0.05) is 11.6 Å². The predicted molar refractivity (Wildman–Crippen MR) is 93.7 cm³/mol. The van der Waals surface area contributed by atoms with Crippen molar-refractivity contribution in [3.8, 4) is 6.07 Å². The van der Waals surface area contributed by atoms with Gasteiger partial charge in [-0.2, -0.15) is 5.26 Å². The Morgan fingerprint density at radius 3 is 2.42 bits per heavy atom. The molecule has 1 aromatic heterocycles. The Labute approximate surface area is 147 Å². The maximum absolute atomic E-state index is 12.0. The van der Waals surface area contributed by atoms with Crippen LogP contribution < -0.4 is 9.62 Å². The van der Waals surface area contributed by atoms with Gasteiger partial charge in [0.2, 0.25) is 10.0 Å². The van der Waals surface area contributed by atoms with E-state index in [1.165, 1.54) is 0 Å². The van der Waals surface area contributed by atoms with Crippen molar-refractivity contribution >= 4 is 27.4 Å². The molecule has 24 heavy (non-hydrogen) atoms. The van der Waals surface area contributed by atoms with Crippen LogP contribution in [-0.4, -0.2) is 37.8 Å². The van der Waals surface area contributed by atoms with Gasteiger partial charge in [-0.3, -0.25) is 0 Å². The summed E-state index contributed by atoms with van der Waals surface area (Å²) in [5.41, 5.74) is 1.96. The summed E-state index contributed by atoms with van der Waals surface area (Å²) in [5.74, 6) is 0.653. The van der Waals surface area contributed by atoms with Crippen LogP contribution in [-0.2, 0) is 10.0 Å². The molecule has 0 unspecified atom stereocenters. The molecular weight excluding hydrogens is 348 g/mol. The molecular formula is C16H21ClN4O2S. The average Bonchev–Trinajstić information content (AvgIpc) is 3.38. The number of sulfonamides is 1. The van der Waals surface area contributed by atoms with E-state index in [9.17, 15) is 13.7 Å². The van der Waals surface area contributed by atoms with E-state index in [2.05, 4.69) is 20.7 Å². The molecule has 0 atom stereocenters. The second-order valence-electron chi connectivity index (χ2n) is 6.57. The largest absolute Gasteiger partial charge is 0.355 e. The molecule has 3 rings (SSSR count). The van der Waals surface area contributed by atoms with Crippen LogP contribution in [0.5, 0.6) is 0 Å². The van der Waals surface area contributed by atoms with E-state index in [0.717, 1.165) is 18.4 Å². The number of aromatic nitrogens is 1. The SMILES string of the molecule is Cc1nc(N2CCC(NS(=O)(=O)C3CC3)CC2)c(C#N)c(C)c1Cl. The maximum Gasteiger partial charge on any atom is 0.214 e. The molecule has 1 saturated carbocycles. The smallest absolute Gasteiger partial charge is 0.214 e. The van der Waals surface area contributed by atoms with Crippen molar-refractivity contribution in [2.45, 2.75) is 50.8 Å². The number of nitrogens with zero attached hydrogens (tertiary/aromatic N) is 3. The minimum Gasteiger partial charge on any atom is -0.355 e. The Morgan fingerprint density at radius 1 is 1.25 bits per heavy atom. The molecule has 1 aliphatic heterocycles. The number of halogens is 1. The summed E-state index contributed by atoms with van der Waals surface area (Å²) in [7, 11) is -3.15. The molecule has 0 bridgehead atoms. The lowest BCUT2D eigenvalue weighted by molar-refractivity contribution is 0.457. The van der Waals surface area contributed by atoms with Crippen LogP contribution in [0, 0.1) is 25.2 Å². The minimum atomic E-state index is -3.15. The molecule has 2 aliphatic rings. The van der Waals surface area contributed by atoms with E-state index in [0.29, 0.717) is 48.0 Å². The lowest BCUT2D eigenvalue weighted by Gasteiger charge is -2.34. The van der Waals surface area contributed by atoms with Crippen molar-refractivity contribution in [1.29, 1.82) is 5.26 Å². The summed E-state index contributed by atoms with van der Waals surface area (Å²) in [5, 5.41) is 9.79. The van der Waals surface area contributed by atoms with Gasteiger partial charge >= 0.3 is 0 Å². The summed E-state index contributed by atoms with van der Waals surface area (Å²) in [6, 6.07) is 2.17. The highest BCUT2D eigenvalue weighted by atomic mass is 35.5. The molecule has 2 heterocycles. The second kappa shape index (κ2) is 6.51. The number of hydrogen-bond acceptors (Lipinski definition) is 5. The monoisotopic (exact) mass is 368 g/mol. The third-order valence-corrected chi connectivity index (χ3v) is 7.29. The van der Waals surface area contributed by atoms with Gasteiger partial charge in [-0.15, -0.1) is 0 Å². The van der Waals surface area contributed by atoms with E-state index in [1.807, 2.05) is 13.8 Å². The number of rotatable bonds is 4. The summed E-state index contributed by atoms with van der Waals surface area (Å²) in [6.45, 7) is 4.99. The molecule has 0 amide bonds. The molecule has 0 spiro atoms. The highest BCUT2D eigenvalue weighted by molar-refractivity contribution is 7.90. The minimum absolute atomic E-state index is 0.0353. The fourth-order valence-corrected chi connectivity index (χ4v) is 4.88. The molecule has 1 N–H and O–H groups in total. The number of nitrogens with one attached hydrogen (secondary N) is 1. The fourth-order valence-electron chi connectivity index (χ4n) is 3.09. The average molecular weight is 369 g/mol. The second-order valence-corrected chi connectivity index (χ2v) is 8.94. The first-order chi connectivity index (χ1) is 11.3. The van der Waals surface area contributed by atoms with Gasteiger partial charge in [0.05, 0.1) is 21.5 Å². The topological polar surface area (TPSA) is 86.1 Å². The maximum atomic E-state index is 12.0. The number of hydrogen-bond donors (Lipinski definition) is 1. The zero-order chi connectivity index (χ0) is 17.5. The highest BCUT2D eigenvalue weighted by Gasteiger charge is 2.37. The molecule has 1 aromatic rings. The molecule has 2 fully saturated rings. The first-order valence-corrected chi connectivity index (χ1v) is 10.1. The zero-order valence-corrected chi connectivity index (χ0v) is 15.4. The Morgan fingerprint density at radius 2 is 1.88 bits per heavy atom. The first-order valence-electron chi connectivity index (χ1n) is 8.16. The van der Waals surface area contributed by atoms with Gasteiger partial charge in [0.15, 0.2) is 0 Å². The summed E-state index contributed by atoms with van der Waals surface area (Å²) in [4.78, 5) is 6.55. The Balaban J connectivity index is 1.72. The van der Waals surface area contributed by atoms with E-state index in [-0.39, 0.29) is 11.3 Å². The Kier molecular flexibility index (Phi) is 4.73. The summed E-state index contributed by atoms with van der Waals surface area (Å²) < 4.78 is 26.9. The quantitative estimate of drug-likeness (QED) is 0.881. The number of pyridine rings is 1. The Hall–Kier alpha value is -1.36. The van der Waals surface area contributed by atoms with Gasteiger partial charge in [-0.05, 0) is 45.1 Å². The molecule has 0 radical (unpaired) electrons. The van der Waals surface area contributed by atoms with Gasteiger partial charge < -0.3 is 4.90 Å². The fraction of sp³-hybridized carbons (Fsp3) is 0.625. The first kappa shape index (κ1) is 17.5. The molecule has 8 heteroatoms. The van der Waals surface area contributed by atoms with E-state index in [4.69, 9.17) is 11.6 Å². The van der Waals surface area contributed by atoms with Gasteiger partial charge in [0, 0.05) is 19.1 Å². The van der Waals surface area contributed by atoms with Crippen LogP contribution in [0.3, 0.4) is 0 Å². The lowest BCUT2D eigenvalue weighted by atomic mass is 10.0. The van der Waals surface area contributed by atoms with Crippen molar-refractivity contribution < 1.29 is 8.42 Å². The summed E-state index contributed by atoms with van der Waals surface area (Å²) in [6.07, 6.45) is 2.96. The summed E-state index contributed by atoms with van der Waals surface area (Å²) >= 11 is 6.19. The normalized spacial score (nSPS) is 19.3. The molecule has 6 nitrogen and oxygen atoms in total. The van der Waals surface area contributed by atoms with Crippen LogP contribution in [0.15, 0.2) is 0 Å². The van der Waals surface area contributed by atoms with E-state index < -0.39 is 10.0 Å². The van der Waals surface area contributed by atoms with E-state index >= 15 is 0 Å². The number of aryl methyl sites for hydroxylation is 1. The predicted octanol–water partition coefficient (Wildman–Crippen LogP) is 2.27. The molecule has 1 saturated heterocycles. The van der Waals surface area contributed by atoms with Crippen molar-refractivity contribution in [1.82, 2.24) is 9.71 Å². The third-order valence-electron chi connectivity index (χ3n) is 4.72.